The van der Waals surface area contributed by atoms with Gasteiger partial charge in [0.2, 0.25) is 5.89 Å². The number of nitrogens with zero attached hydrogens (tertiary/aromatic N) is 4. The summed E-state index contributed by atoms with van der Waals surface area (Å²) in [7, 11) is 1.81. The van der Waals surface area contributed by atoms with Gasteiger partial charge in [0.25, 0.3) is 5.91 Å². The van der Waals surface area contributed by atoms with Gasteiger partial charge in [-0.1, -0.05) is 0 Å². The third-order valence-corrected chi connectivity index (χ3v) is 4.60. The molecule has 1 unspecified atom stereocenters. The first-order chi connectivity index (χ1) is 11.6. The van der Waals surface area contributed by atoms with E-state index in [2.05, 4.69) is 15.3 Å². The SMILES string of the molecule is Cn1cc(OC2(C(=O)N3CCCC(c4n[nH]c(=O)o4)C3)CC2)cn1. The Morgan fingerprint density at radius 3 is 2.96 bits per heavy atom. The van der Waals surface area contributed by atoms with Crippen LogP contribution in [0.4, 0.5) is 0 Å². The van der Waals surface area contributed by atoms with Crippen molar-refractivity contribution >= 4 is 5.91 Å². The summed E-state index contributed by atoms with van der Waals surface area (Å²) in [6.07, 6.45) is 6.47. The van der Waals surface area contributed by atoms with E-state index in [1.54, 1.807) is 29.0 Å². The van der Waals surface area contributed by atoms with Crippen LogP contribution < -0.4 is 10.5 Å². The zero-order valence-corrected chi connectivity index (χ0v) is 13.4. The minimum Gasteiger partial charge on any atom is -0.474 e. The summed E-state index contributed by atoms with van der Waals surface area (Å²) < 4.78 is 12.6. The van der Waals surface area contributed by atoms with Crippen LogP contribution in [0.2, 0.25) is 0 Å². The van der Waals surface area contributed by atoms with Crippen LogP contribution in [0, 0.1) is 0 Å². The number of ether oxygens (including phenoxy) is 1. The maximum atomic E-state index is 12.9. The minimum atomic E-state index is -0.767. The number of aryl methyl sites for hydroxylation is 1. The molecule has 1 atom stereocenters. The number of rotatable bonds is 4. The summed E-state index contributed by atoms with van der Waals surface area (Å²) in [4.78, 5) is 25.9. The summed E-state index contributed by atoms with van der Waals surface area (Å²) in [5, 5.41) is 10.2. The van der Waals surface area contributed by atoms with Crippen LogP contribution in [0.15, 0.2) is 21.6 Å². The summed E-state index contributed by atoms with van der Waals surface area (Å²) in [6.45, 7) is 1.17. The molecule has 0 spiro atoms. The lowest BCUT2D eigenvalue weighted by atomic mass is 9.97. The van der Waals surface area contributed by atoms with Gasteiger partial charge in [-0.05, 0) is 12.8 Å². The van der Waals surface area contributed by atoms with Crippen LogP contribution in [-0.4, -0.2) is 49.5 Å². The number of hydrogen-bond acceptors (Lipinski definition) is 6. The van der Waals surface area contributed by atoms with E-state index < -0.39 is 11.4 Å². The Balaban J connectivity index is 1.46. The summed E-state index contributed by atoms with van der Waals surface area (Å²) >= 11 is 0. The lowest BCUT2D eigenvalue weighted by Crippen LogP contribution is -2.47. The number of H-pyrrole nitrogens is 1. The third-order valence-electron chi connectivity index (χ3n) is 4.60. The van der Waals surface area contributed by atoms with Gasteiger partial charge < -0.3 is 14.1 Å². The largest absolute Gasteiger partial charge is 0.474 e. The molecule has 2 aromatic rings. The Labute approximate surface area is 137 Å². The van der Waals surface area contributed by atoms with Crippen molar-refractivity contribution in [2.24, 2.45) is 7.05 Å². The number of aromatic amines is 1. The molecule has 1 saturated carbocycles. The maximum Gasteiger partial charge on any atom is 0.434 e. The predicted octanol–water partition coefficient (Wildman–Crippen LogP) is 0.414. The van der Waals surface area contributed by atoms with Gasteiger partial charge in [0.1, 0.15) is 0 Å². The normalized spacial score (nSPS) is 22.4. The molecule has 0 aromatic carbocycles. The van der Waals surface area contributed by atoms with Gasteiger partial charge in [0.05, 0.1) is 18.3 Å². The highest BCUT2D eigenvalue weighted by Crippen LogP contribution is 2.42. The second-order valence-electron chi connectivity index (χ2n) is 6.49. The predicted molar refractivity (Wildman–Crippen MR) is 81.5 cm³/mol. The molecule has 9 heteroatoms. The van der Waals surface area contributed by atoms with E-state index >= 15 is 0 Å². The van der Waals surface area contributed by atoms with E-state index in [0.717, 1.165) is 12.8 Å². The first-order valence-electron chi connectivity index (χ1n) is 8.08. The summed E-state index contributed by atoms with van der Waals surface area (Å²) in [5.74, 6) is 0.350. The van der Waals surface area contributed by atoms with Crippen molar-refractivity contribution in [3.63, 3.8) is 0 Å². The number of hydrogen-bond donors (Lipinski definition) is 1. The quantitative estimate of drug-likeness (QED) is 0.869. The number of likely N-dealkylation sites (tertiary alicyclic amines) is 1. The van der Waals surface area contributed by atoms with Crippen molar-refractivity contribution < 1.29 is 13.9 Å². The van der Waals surface area contributed by atoms with Gasteiger partial charge in [-0.2, -0.15) is 5.10 Å². The molecule has 9 nitrogen and oxygen atoms in total. The number of amides is 1. The molecule has 0 radical (unpaired) electrons. The standard InChI is InChI=1S/C15H19N5O4/c1-19-9-11(7-16-19)24-15(4-5-15)13(21)20-6-2-3-10(8-20)12-17-18-14(22)23-12/h7,9-10H,2-6,8H2,1H3,(H,18,22). The van der Waals surface area contributed by atoms with Crippen molar-refractivity contribution in [3.8, 4) is 5.75 Å². The van der Waals surface area contributed by atoms with Crippen LogP contribution in [-0.2, 0) is 11.8 Å². The second-order valence-corrected chi connectivity index (χ2v) is 6.49. The average Bonchev–Trinajstić information content (AvgIpc) is 3.04. The molecule has 2 aliphatic rings. The molecule has 1 saturated heterocycles. The fraction of sp³-hybridized carbons (Fsp3) is 0.600. The first kappa shape index (κ1) is 15.0. The zero-order valence-electron chi connectivity index (χ0n) is 13.4. The van der Waals surface area contributed by atoms with Crippen molar-refractivity contribution in [1.82, 2.24) is 24.9 Å². The van der Waals surface area contributed by atoms with Gasteiger partial charge in [-0.25, -0.2) is 9.89 Å². The lowest BCUT2D eigenvalue weighted by Gasteiger charge is -2.33. The first-order valence-corrected chi connectivity index (χ1v) is 8.08. The molecular formula is C15H19N5O4. The molecule has 2 aromatic heterocycles. The number of carbonyl (C=O) groups excluding carboxylic acids is 1. The monoisotopic (exact) mass is 333 g/mol. The van der Waals surface area contributed by atoms with Crippen molar-refractivity contribution in [2.75, 3.05) is 13.1 Å². The second kappa shape index (κ2) is 5.50. The molecule has 3 heterocycles. The average molecular weight is 333 g/mol. The van der Waals surface area contributed by atoms with Gasteiger partial charge in [-0.3, -0.25) is 9.48 Å². The van der Waals surface area contributed by atoms with Crippen LogP contribution >= 0.6 is 0 Å². The van der Waals surface area contributed by atoms with Crippen molar-refractivity contribution in [1.29, 1.82) is 0 Å². The maximum absolute atomic E-state index is 12.9. The molecule has 4 rings (SSSR count). The summed E-state index contributed by atoms with van der Waals surface area (Å²) in [6, 6.07) is 0. The van der Waals surface area contributed by atoms with Crippen LogP contribution in [0.1, 0.15) is 37.5 Å². The molecule has 2 fully saturated rings. The van der Waals surface area contributed by atoms with Gasteiger partial charge >= 0.3 is 5.76 Å². The highest BCUT2D eigenvalue weighted by molar-refractivity contribution is 5.88. The molecule has 24 heavy (non-hydrogen) atoms. The topological polar surface area (TPSA) is 106 Å². The zero-order chi connectivity index (χ0) is 16.7. The van der Waals surface area contributed by atoms with E-state index in [4.69, 9.17) is 9.15 Å². The molecule has 128 valence electrons. The number of nitrogens with one attached hydrogen (secondary N) is 1. The summed E-state index contributed by atoms with van der Waals surface area (Å²) in [5.41, 5.74) is -0.767. The number of aromatic nitrogens is 4. The smallest absolute Gasteiger partial charge is 0.434 e. The molecule has 1 amide bonds. The fourth-order valence-corrected chi connectivity index (χ4v) is 3.22. The Bertz CT molecular complexity index is 803. The molecule has 0 bridgehead atoms. The van der Waals surface area contributed by atoms with Crippen molar-refractivity contribution in [3.05, 3.63) is 28.8 Å². The highest BCUT2D eigenvalue weighted by atomic mass is 16.5. The Morgan fingerprint density at radius 1 is 1.50 bits per heavy atom. The van der Waals surface area contributed by atoms with Crippen LogP contribution in [0.3, 0.4) is 0 Å². The van der Waals surface area contributed by atoms with Crippen LogP contribution in [0.25, 0.3) is 0 Å². The van der Waals surface area contributed by atoms with E-state index in [1.807, 2.05) is 0 Å². The van der Waals surface area contributed by atoms with Gasteiger partial charge in [0.15, 0.2) is 11.4 Å². The van der Waals surface area contributed by atoms with E-state index in [9.17, 15) is 9.59 Å². The Morgan fingerprint density at radius 2 is 2.33 bits per heavy atom. The number of piperidine rings is 1. The Hall–Kier alpha value is -2.58. The fourth-order valence-electron chi connectivity index (χ4n) is 3.22. The lowest BCUT2D eigenvalue weighted by molar-refractivity contribution is -0.142. The van der Waals surface area contributed by atoms with Gasteiger partial charge in [-0.15, -0.1) is 5.10 Å². The third kappa shape index (κ3) is 2.70. The van der Waals surface area contributed by atoms with E-state index in [0.29, 0.717) is 37.6 Å². The highest BCUT2D eigenvalue weighted by Gasteiger charge is 2.55. The molecule has 1 N–H and O–H groups in total. The number of carbonyl (C=O) groups is 1. The molecule has 1 aliphatic heterocycles. The van der Waals surface area contributed by atoms with Crippen molar-refractivity contribution in [2.45, 2.75) is 37.2 Å². The molecular weight excluding hydrogens is 314 g/mol. The van der Waals surface area contributed by atoms with Crippen LogP contribution in [0.5, 0.6) is 5.75 Å². The van der Waals surface area contributed by atoms with E-state index in [-0.39, 0.29) is 11.8 Å². The Kier molecular flexibility index (Phi) is 3.43. The van der Waals surface area contributed by atoms with Gasteiger partial charge in [0, 0.05) is 33.0 Å². The minimum absolute atomic E-state index is 0.00562. The molecule has 1 aliphatic carbocycles. The van der Waals surface area contributed by atoms with E-state index in [1.165, 1.54) is 0 Å².